The number of benzene rings is 1. The summed E-state index contributed by atoms with van der Waals surface area (Å²) >= 11 is 0. The van der Waals surface area contributed by atoms with E-state index in [2.05, 4.69) is 15.2 Å². The molecular formula is C16H17N3O4. The first kappa shape index (κ1) is 15.1. The molecule has 7 nitrogen and oxygen atoms in total. The second-order valence-corrected chi connectivity index (χ2v) is 6.27. The molecule has 7 heteroatoms. The third kappa shape index (κ3) is 3.03. The van der Waals surface area contributed by atoms with Gasteiger partial charge in [-0.1, -0.05) is 20.8 Å². The summed E-state index contributed by atoms with van der Waals surface area (Å²) in [6, 6.07) is 5.12. The van der Waals surface area contributed by atoms with Crippen LogP contribution in [0.3, 0.4) is 0 Å². The summed E-state index contributed by atoms with van der Waals surface area (Å²) in [5.41, 5.74) is 1.14. The molecule has 3 rings (SSSR count). The van der Waals surface area contributed by atoms with Crippen LogP contribution in [0.5, 0.6) is 5.75 Å². The van der Waals surface area contributed by atoms with Crippen molar-refractivity contribution in [3.05, 3.63) is 41.7 Å². The van der Waals surface area contributed by atoms with E-state index in [1.807, 2.05) is 20.8 Å². The fourth-order valence-electron chi connectivity index (χ4n) is 2.12. The number of carboxylic acids is 1. The molecular weight excluding hydrogens is 298 g/mol. The number of oxazole rings is 1. The summed E-state index contributed by atoms with van der Waals surface area (Å²) in [6.45, 7) is 6.29. The van der Waals surface area contributed by atoms with E-state index in [-0.39, 0.29) is 17.7 Å². The molecule has 0 fully saturated rings. The number of aromatic carboxylic acids is 1. The van der Waals surface area contributed by atoms with E-state index in [9.17, 15) is 4.79 Å². The Kier molecular flexibility index (Phi) is 3.55. The lowest BCUT2D eigenvalue weighted by Gasteiger charge is -2.11. The Morgan fingerprint density at radius 2 is 2.17 bits per heavy atom. The SMILES string of the molecule is CC(C)(C)c1nc(COc2ccc3[nH]nc(C(=O)O)c3c2)co1. The fraction of sp³-hybridized carbons (Fsp3) is 0.312. The van der Waals surface area contributed by atoms with Gasteiger partial charge in [-0.3, -0.25) is 5.10 Å². The summed E-state index contributed by atoms with van der Waals surface area (Å²) in [5, 5.41) is 16.1. The number of carbonyl (C=O) groups is 1. The number of ether oxygens (including phenoxy) is 1. The van der Waals surface area contributed by atoms with Crippen molar-refractivity contribution in [1.82, 2.24) is 15.2 Å². The van der Waals surface area contributed by atoms with E-state index in [0.29, 0.717) is 28.2 Å². The third-order valence-electron chi connectivity index (χ3n) is 3.32. The Morgan fingerprint density at radius 3 is 2.83 bits per heavy atom. The van der Waals surface area contributed by atoms with Gasteiger partial charge in [0.15, 0.2) is 11.6 Å². The van der Waals surface area contributed by atoms with Crippen LogP contribution in [0.1, 0.15) is 42.8 Å². The van der Waals surface area contributed by atoms with Crippen LogP contribution in [0.25, 0.3) is 10.9 Å². The number of hydrogen-bond donors (Lipinski definition) is 2. The van der Waals surface area contributed by atoms with E-state index in [4.69, 9.17) is 14.3 Å². The summed E-state index contributed by atoms with van der Waals surface area (Å²) in [7, 11) is 0. The van der Waals surface area contributed by atoms with Gasteiger partial charge in [-0.25, -0.2) is 9.78 Å². The van der Waals surface area contributed by atoms with Crippen molar-refractivity contribution in [2.45, 2.75) is 32.8 Å². The van der Waals surface area contributed by atoms with Crippen molar-refractivity contribution in [2.75, 3.05) is 0 Å². The van der Waals surface area contributed by atoms with Crippen LogP contribution >= 0.6 is 0 Å². The van der Waals surface area contributed by atoms with Gasteiger partial charge < -0.3 is 14.3 Å². The highest BCUT2D eigenvalue weighted by Crippen LogP contribution is 2.24. The van der Waals surface area contributed by atoms with Crippen LogP contribution in [0, 0.1) is 0 Å². The Morgan fingerprint density at radius 1 is 1.39 bits per heavy atom. The monoisotopic (exact) mass is 315 g/mol. The van der Waals surface area contributed by atoms with E-state index in [1.165, 1.54) is 0 Å². The zero-order chi connectivity index (χ0) is 16.6. The first-order valence-electron chi connectivity index (χ1n) is 7.14. The van der Waals surface area contributed by atoms with Crippen molar-refractivity contribution in [1.29, 1.82) is 0 Å². The van der Waals surface area contributed by atoms with Crippen LogP contribution in [0.4, 0.5) is 0 Å². The van der Waals surface area contributed by atoms with Gasteiger partial charge in [-0.05, 0) is 18.2 Å². The minimum absolute atomic E-state index is 0.0260. The number of aromatic amines is 1. The standard InChI is InChI=1S/C16H17N3O4/c1-16(2,3)15-17-9(8-23-15)7-22-10-4-5-12-11(6-10)13(14(20)21)19-18-12/h4-6,8H,7H2,1-3H3,(H,18,19)(H,20,21). The Bertz CT molecular complexity index is 858. The van der Waals surface area contributed by atoms with Crippen molar-refractivity contribution in [3.63, 3.8) is 0 Å². The van der Waals surface area contributed by atoms with Crippen LogP contribution in [-0.2, 0) is 12.0 Å². The first-order valence-corrected chi connectivity index (χ1v) is 7.14. The normalized spacial score (nSPS) is 11.8. The molecule has 0 saturated carbocycles. The molecule has 2 aromatic heterocycles. The minimum Gasteiger partial charge on any atom is -0.487 e. The topological polar surface area (TPSA) is 101 Å². The number of hydrogen-bond acceptors (Lipinski definition) is 5. The maximum atomic E-state index is 11.1. The third-order valence-corrected chi connectivity index (χ3v) is 3.32. The largest absolute Gasteiger partial charge is 0.487 e. The Hall–Kier alpha value is -2.83. The number of H-pyrrole nitrogens is 1. The van der Waals surface area contributed by atoms with Crippen LogP contribution < -0.4 is 4.74 Å². The Labute approximate surface area is 132 Å². The summed E-state index contributed by atoms with van der Waals surface area (Å²) in [5.74, 6) is 0.107. The molecule has 0 radical (unpaired) electrons. The average Bonchev–Trinajstić information content (AvgIpc) is 3.11. The molecule has 120 valence electrons. The van der Waals surface area contributed by atoms with Crippen LogP contribution in [-0.4, -0.2) is 26.3 Å². The van der Waals surface area contributed by atoms with Crippen molar-refractivity contribution in [3.8, 4) is 5.75 Å². The molecule has 0 aliphatic carbocycles. The Balaban J connectivity index is 1.78. The van der Waals surface area contributed by atoms with Crippen LogP contribution in [0.2, 0.25) is 0 Å². The molecule has 0 spiro atoms. The molecule has 0 unspecified atom stereocenters. The van der Waals surface area contributed by atoms with Gasteiger partial charge in [-0.2, -0.15) is 5.10 Å². The highest BCUT2D eigenvalue weighted by molar-refractivity contribution is 6.01. The summed E-state index contributed by atoms with van der Waals surface area (Å²) in [6.07, 6.45) is 1.57. The molecule has 0 amide bonds. The second-order valence-electron chi connectivity index (χ2n) is 6.27. The van der Waals surface area contributed by atoms with Gasteiger partial charge in [0.25, 0.3) is 0 Å². The molecule has 3 aromatic rings. The van der Waals surface area contributed by atoms with Gasteiger partial charge in [-0.15, -0.1) is 0 Å². The fourth-order valence-corrected chi connectivity index (χ4v) is 2.12. The molecule has 0 aliphatic rings. The number of aromatic nitrogens is 3. The smallest absolute Gasteiger partial charge is 0.357 e. The molecule has 0 atom stereocenters. The highest BCUT2D eigenvalue weighted by atomic mass is 16.5. The number of rotatable bonds is 4. The maximum Gasteiger partial charge on any atom is 0.357 e. The average molecular weight is 315 g/mol. The van der Waals surface area contributed by atoms with Gasteiger partial charge in [0, 0.05) is 10.8 Å². The number of fused-ring (bicyclic) bond motifs is 1. The first-order chi connectivity index (χ1) is 10.8. The quantitative estimate of drug-likeness (QED) is 0.767. The minimum atomic E-state index is -1.08. The predicted octanol–water partition coefficient (Wildman–Crippen LogP) is 3.13. The number of nitrogens with zero attached hydrogens (tertiary/aromatic N) is 2. The number of carboxylic acid groups (broad SMARTS) is 1. The molecule has 2 heterocycles. The zero-order valence-corrected chi connectivity index (χ0v) is 13.1. The van der Waals surface area contributed by atoms with Gasteiger partial charge >= 0.3 is 5.97 Å². The lowest BCUT2D eigenvalue weighted by molar-refractivity contribution is 0.0692. The molecule has 23 heavy (non-hydrogen) atoms. The zero-order valence-electron chi connectivity index (χ0n) is 13.1. The molecule has 0 bridgehead atoms. The van der Waals surface area contributed by atoms with Gasteiger partial charge in [0.05, 0.1) is 5.52 Å². The van der Waals surface area contributed by atoms with Crippen molar-refractivity contribution < 1.29 is 19.1 Å². The lowest BCUT2D eigenvalue weighted by Crippen LogP contribution is -2.11. The maximum absolute atomic E-state index is 11.1. The molecule has 2 N–H and O–H groups in total. The molecule has 0 aliphatic heterocycles. The predicted molar refractivity (Wildman–Crippen MR) is 82.6 cm³/mol. The van der Waals surface area contributed by atoms with Crippen LogP contribution in [0.15, 0.2) is 28.9 Å². The second kappa shape index (κ2) is 5.42. The van der Waals surface area contributed by atoms with E-state index >= 15 is 0 Å². The summed E-state index contributed by atoms with van der Waals surface area (Å²) in [4.78, 5) is 15.5. The summed E-state index contributed by atoms with van der Waals surface area (Å²) < 4.78 is 11.1. The lowest BCUT2D eigenvalue weighted by atomic mass is 9.97. The van der Waals surface area contributed by atoms with Crippen molar-refractivity contribution >= 4 is 16.9 Å². The molecule has 0 saturated heterocycles. The van der Waals surface area contributed by atoms with Gasteiger partial charge in [0.2, 0.25) is 0 Å². The molecule has 1 aromatic carbocycles. The van der Waals surface area contributed by atoms with E-state index in [0.717, 1.165) is 0 Å². The van der Waals surface area contributed by atoms with Gasteiger partial charge in [0.1, 0.15) is 24.3 Å². The number of nitrogens with one attached hydrogen (secondary N) is 1. The van der Waals surface area contributed by atoms with E-state index in [1.54, 1.807) is 24.5 Å². The van der Waals surface area contributed by atoms with E-state index < -0.39 is 5.97 Å². The van der Waals surface area contributed by atoms with Crippen molar-refractivity contribution in [2.24, 2.45) is 0 Å². The highest BCUT2D eigenvalue weighted by Gasteiger charge is 2.20.